The van der Waals surface area contributed by atoms with Crippen LogP contribution in [0.5, 0.6) is 0 Å². The van der Waals surface area contributed by atoms with Gasteiger partial charge in [0, 0.05) is 19.7 Å². The Morgan fingerprint density at radius 1 is 1.38 bits per heavy atom. The lowest BCUT2D eigenvalue weighted by Crippen LogP contribution is -2.32. The molecule has 3 heteroatoms. The first-order chi connectivity index (χ1) is 6.36. The van der Waals surface area contributed by atoms with Crippen LogP contribution in [0.15, 0.2) is 0 Å². The summed E-state index contributed by atoms with van der Waals surface area (Å²) in [5, 5.41) is 8.74. The molecule has 13 heavy (non-hydrogen) atoms. The summed E-state index contributed by atoms with van der Waals surface area (Å²) in [6.07, 6.45) is 4.79. The Morgan fingerprint density at radius 3 is 2.92 bits per heavy atom. The molecular formula is C10H22N2O. The van der Waals surface area contributed by atoms with Gasteiger partial charge in [0.1, 0.15) is 0 Å². The third-order valence-corrected chi connectivity index (χ3v) is 2.82. The second kappa shape index (κ2) is 6.35. The highest BCUT2D eigenvalue weighted by Crippen LogP contribution is 2.15. The summed E-state index contributed by atoms with van der Waals surface area (Å²) in [6, 6.07) is 0. The lowest BCUT2D eigenvalue weighted by molar-refractivity contribution is 0.212. The highest BCUT2D eigenvalue weighted by Gasteiger charge is 2.15. The van der Waals surface area contributed by atoms with Crippen LogP contribution in [0.3, 0.4) is 0 Å². The molecule has 0 aliphatic carbocycles. The van der Waals surface area contributed by atoms with Crippen molar-refractivity contribution in [3.05, 3.63) is 0 Å². The maximum atomic E-state index is 8.74. The van der Waals surface area contributed by atoms with Crippen LogP contribution >= 0.6 is 0 Å². The third-order valence-electron chi connectivity index (χ3n) is 2.82. The molecule has 1 saturated heterocycles. The molecule has 0 spiro atoms. The molecule has 0 aromatic rings. The quantitative estimate of drug-likeness (QED) is 0.669. The summed E-state index contributed by atoms with van der Waals surface area (Å²) >= 11 is 0. The van der Waals surface area contributed by atoms with Gasteiger partial charge in [-0.25, -0.2) is 0 Å². The largest absolute Gasteiger partial charge is 0.396 e. The minimum absolute atomic E-state index is 0.309. The summed E-state index contributed by atoms with van der Waals surface area (Å²) in [4.78, 5) is 2.45. The van der Waals surface area contributed by atoms with E-state index in [1.54, 1.807) is 0 Å². The molecule has 78 valence electrons. The number of nitrogens with two attached hydrogens (primary N) is 1. The van der Waals surface area contributed by atoms with Crippen LogP contribution in [0.2, 0.25) is 0 Å². The lowest BCUT2D eigenvalue weighted by atomic mass is 10.0. The average Bonchev–Trinajstić information content (AvgIpc) is 2.39. The van der Waals surface area contributed by atoms with Crippen LogP contribution in [0, 0.1) is 5.92 Å². The molecule has 1 heterocycles. The Kier molecular flexibility index (Phi) is 5.35. The topological polar surface area (TPSA) is 49.5 Å². The maximum absolute atomic E-state index is 8.74. The molecule has 3 nitrogen and oxygen atoms in total. The Balaban J connectivity index is 2.26. The average molecular weight is 186 g/mol. The molecule has 1 unspecified atom stereocenters. The van der Waals surface area contributed by atoms with Gasteiger partial charge in [0.05, 0.1) is 0 Å². The van der Waals surface area contributed by atoms with E-state index >= 15 is 0 Å². The smallest absolute Gasteiger partial charge is 0.0443 e. The Bertz CT molecular complexity index is 130. The van der Waals surface area contributed by atoms with Crippen LogP contribution in [-0.4, -0.2) is 42.8 Å². The highest BCUT2D eigenvalue weighted by atomic mass is 16.3. The summed E-state index contributed by atoms with van der Waals surface area (Å²) in [5.74, 6) is 0.682. The summed E-state index contributed by atoms with van der Waals surface area (Å²) < 4.78 is 0. The van der Waals surface area contributed by atoms with Gasteiger partial charge in [0.25, 0.3) is 0 Å². The Hall–Kier alpha value is -0.120. The molecule has 0 saturated carbocycles. The monoisotopic (exact) mass is 186 g/mol. The number of aliphatic hydroxyl groups is 1. The fraction of sp³-hybridized carbons (Fsp3) is 1.00. The molecular weight excluding hydrogens is 164 g/mol. The Labute approximate surface area is 80.9 Å². The number of hydrogen-bond donors (Lipinski definition) is 2. The van der Waals surface area contributed by atoms with E-state index < -0.39 is 0 Å². The van der Waals surface area contributed by atoms with Gasteiger partial charge in [-0.1, -0.05) is 6.42 Å². The molecule has 1 fully saturated rings. The first-order valence-electron chi connectivity index (χ1n) is 5.40. The minimum atomic E-state index is 0.309. The molecule has 1 aliphatic heterocycles. The van der Waals surface area contributed by atoms with Crippen molar-refractivity contribution in [1.82, 2.24) is 4.90 Å². The van der Waals surface area contributed by atoms with Gasteiger partial charge in [-0.15, -0.1) is 0 Å². The first-order valence-corrected chi connectivity index (χ1v) is 5.40. The predicted molar refractivity (Wildman–Crippen MR) is 54.5 cm³/mol. The number of likely N-dealkylation sites (tertiary alicyclic amines) is 1. The molecule has 3 N–H and O–H groups in total. The van der Waals surface area contributed by atoms with Crippen molar-refractivity contribution in [1.29, 1.82) is 0 Å². The summed E-state index contributed by atoms with van der Waals surface area (Å²) in [6.45, 7) is 4.49. The van der Waals surface area contributed by atoms with Gasteiger partial charge >= 0.3 is 0 Å². The van der Waals surface area contributed by atoms with Crippen molar-refractivity contribution in [3.8, 4) is 0 Å². The molecule has 0 bridgehead atoms. The van der Waals surface area contributed by atoms with Gasteiger partial charge in [0.15, 0.2) is 0 Å². The van der Waals surface area contributed by atoms with E-state index in [0.29, 0.717) is 12.5 Å². The maximum Gasteiger partial charge on any atom is 0.0443 e. The lowest BCUT2D eigenvalue weighted by Gasteiger charge is -2.22. The summed E-state index contributed by atoms with van der Waals surface area (Å²) in [5.41, 5.74) is 5.69. The fourth-order valence-electron chi connectivity index (χ4n) is 2.01. The zero-order valence-corrected chi connectivity index (χ0v) is 8.41. The van der Waals surface area contributed by atoms with E-state index in [1.165, 1.54) is 25.8 Å². The van der Waals surface area contributed by atoms with E-state index in [-0.39, 0.29) is 0 Å². The minimum Gasteiger partial charge on any atom is -0.396 e. The molecule has 0 radical (unpaired) electrons. The number of rotatable bonds is 4. The van der Waals surface area contributed by atoms with E-state index in [2.05, 4.69) is 4.90 Å². The second-order valence-corrected chi connectivity index (χ2v) is 3.98. The fourth-order valence-corrected chi connectivity index (χ4v) is 2.01. The molecule has 1 atom stereocenters. The number of nitrogens with zero attached hydrogens (tertiary/aromatic N) is 1. The molecule has 1 aliphatic rings. The highest BCUT2D eigenvalue weighted by molar-refractivity contribution is 4.71. The van der Waals surface area contributed by atoms with Crippen molar-refractivity contribution in [2.75, 3.05) is 32.8 Å². The van der Waals surface area contributed by atoms with Crippen molar-refractivity contribution < 1.29 is 5.11 Å². The van der Waals surface area contributed by atoms with Crippen LogP contribution in [0.1, 0.15) is 25.7 Å². The normalized spacial score (nSPS) is 25.8. The molecule has 0 aromatic carbocycles. The molecule has 1 rings (SSSR count). The predicted octanol–water partition coefficient (Wildman–Crippen LogP) is 0.430. The molecule has 0 amide bonds. The van der Waals surface area contributed by atoms with E-state index in [1.807, 2.05) is 0 Å². The number of aliphatic hydroxyl groups excluding tert-OH is 1. The number of hydrogen-bond acceptors (Lipinski definition) is 3. The second-order valence-electron chi connectivity index (χ2n) is 3.98. The van der Waals surface area contributed by atoms with Crippen molar-refractivity contribution >= 4 is 0 Å². The zero-order chi connectivity index (χ0) is 9.52. The van der Waals surface area contributed by atoms with Crippen molar-refractivity contribution in [3.63, 3.8) is 0 Å². The SMILES string of the molecule is NCC1CCCCN(CCCO)C1. The summed E-state index contributed by atoms with van der Waals surface area (Å²) in [7, 11) is 0. The van der Waals surface area contributed by atoms with Crippen LogP contribution in [-0.2, 0) is 0 Å². The van der Waals surface area contributed by atoms with Gasteiger partial charge in [-0.2, -0.15) is 0 Å². The van der Waals surface area contributed by atoms with E-state index in [0.717, 1.165) is 26.1 Å². The third kappa shape index (κ3) is 4.07. The van der Waals surface area contributed by atoms with Crippen molar-refractivity contribution in [2.45, 2.75) is 25.7 Å². The standard InChI is InChI=1S/C10H22N2O/c11-8-10-4-1-2-5-12(9-10)6-3-7-13/h10,13H,1-9,11H2. The van der Waals surface area contributed by atoms with Crippen LogP contribution in [0.4, 0.5) is 0 Å². The van der Waals surface area contributed by atoms with Gasteiger partial charge < -0.3 is 15.7 Å². The van der Waals surface area contributed by atoms with Gasteiger partial charge in [-0.05, 0) is 38.3 Å². The van der Waals surface area contributed by atoms with Crippen LogP contribution < -0.4 is 5.73 Å². The molecule has 0 aromatic heterocycles. The van der Waals surface area contributed by atoms with E-state index in [4.69, 9.17) is 10.8 Å². The van der Waals surface area contributed by atoms with Crippen molar-refractivity contribution in [2.24, 2.45) is 11.7 Å². The zero-order valence-electron chi connectivity index (χ0n) is 8.41. The first kappa shape index (κ1) is 11.0. The van der Waals surface area contributed by atoms with Crippen LogP contribution in [0.25, 0.3) is 0 Å². The van der Waals surface area contributed by atoms with E-state index in [9.17, 15) is 0 Å². The van der Waals surface area contributed by atoms with Gasteiger partial charge in [0.2, 0.25) is 0 Å². The Morgan fingerprint density at radius 2 is 2.23 bits per heavy atom. The van der Waals surface area contributed by atoms with Gasteiger partial charge in [-0.3, -0.25) is 0 Å².